The lowest BCUT2D eigenvalue weighted by molar-refractivity contribution is 0.408. The second-order valence-electron chi connectivity index (χ2n) is 2.71. The van der Waals surface area contributed by atoms with E-state index in [1.165, 1.54) is 5.57 Å². The quantitative estimate of drug-likeness (QED) is 0.649. The Balaban J connectivity index is 2.78. The van der Waals surface area contributed by atoms with Gasteiger partial charge in [-0.25, -0.2) is 0 Å². The number of hydrogen-bond acceptors (Lipinski definition) is 2. The topological polar surface area (TPSA) is 26.0 Å². The minimum atomic E-state index is 0.849. The van der Waals surface area contributed by atoms with Gasteiger partial charge in [-0.15, -0.1) is 0 Å². The van der Waals surface area contributed by atoms with Crippen LogP contribution in [-0.4, -0.2) is 5.16 Å². The van der Waals surface area contributed by atoms with Crippen LogP contribution in [0.15, 0.2) is 16.2 Å². The molecule has 0 atom stereocenters. The van der Waals surface area contributed by atoms with E-state index in [1.807, 2.05) is 19.1 Å². The standard InChI is InChI=1S/C9H13NO/c1-4-7(2)5-9-6-8(3)10-11-9/h5-6H,4H2,1-3H3/b7-5+. The van der Waals surface area contributed by atoms with Crippen LogP contribution in [0.5, 0.6) is 0 Å². The van der Waals surface area contributed by atoms with Gasteiger partial charge in [0.1, 0.15) is 0 Å². The van der Waals surface area contributed by atoms with Gasteiger partial charge in [0, 0.05) is 6.07 Å². The SMILES string of the molecule is CC/C(C)=C/c1cc(C)no1. The van der Waals surface area contributed by atoms with E-state index < -0.39 is 0 Å². The molecule has 1 rings (SSSR count). The molecule has 2 nitrogen and oxygen atoms in total. The van der Waals surface area contributed by atoms with Gasteiger partial charge in [0.25, 0.3) is 0 Å². The predicted octanol–water partition coefficient (Wildman–Crippen LogP) is 2.80. The fourth-order valence-electron chi connectivity index (χ4n) is 0.796. The Morgan fingerprint density at radius 1 is 1.73 bits per heavy atom. The van der Waals surface area contributed by atoms with E-state index in [-0.39, 0.29) is 0 Å². The van der Waals surface area contributed by atoms with E-state index in [1.54, 1.807) is 0 Å². The van der Waals surface area contributed by atoms with Gasteiger partial charge in [-0.05, 0) is 26.3 Å². The van der Waals surface area contributed by atoms with Gasteiger partial charge < -0.3 is 4.52 Å². The monoisotopic (exact) mass is 151 g/mol. The van der Waals surface area contributed by atoms with Crippen LogP contribution >= 0.6 is 0 Å². The first-order valence-corrected chi connectivity index (χ1v) is 3.83. The van der Waals surface area contributed by atoms with Crippen molar-refractivity contribution >= 4 is 6.08 Å². The Bertz CT molecular complexity index is 260. The summed E-state index contributed by atoms with van der Waals surface area (Å²) in [6, 6.07) is 1.93. The van der Waals surface area contributed by atoms with Crippen molar-refractivity contribution in [2.45, 2.75) is 27.2 Å². The van der Waals surface area contributed by atoms with Gasteiger partial charge in [0.05, 0.1) is 5.69 Å². The third kappa shape index (κ3) is 2.22. The minimum Gasteiger partial charge on any atom is -0.357 e. The average molecular weight is 151 g/mol. The Kier molecular flexibility index (Phi) is 2.47. The molecule has 0 radical (unpaired) electrons. The summed E-state index contributed by atoms with van der Waals surface area (Å²) in [5.41, 5.74) is 2.24. The van der Waals surface area contributed by atoms with Crippen molar-refractivity contribution in [3.8, 4) is 0 Å². The van der Waals surface area contributed by atoms with Crippen molar-refractivity contribution < 1.29 is 4.52 Å². The highest BCUT2D eigenvalue weighted by Gasteiger charge is 1.95. The van der Waals surface area contributed by atoms with E-state index in [0.29, 0.717) is 0 Å². The molecule has 0 spiro atoms. The Morgan fingerprint density at radius 2 is 2.45 bits per heavy atom. The minimum absolute atomic E-state index is 0.849. The molecular formula is C9H13NO. The van der Waals surface area contributed by atoms with Crippen LogP contribution in [0.3, 0.4) is 0 Å². The van der Waals surface area contributed by atoms with Crippen molar-refractivity contribution in [3.05, 3.63) is 23.1 Å². The van der Waals surface area contributed by atoms with E-state index in [4.69, 9.17) is 4.52 Å². The first-order chi connectivity index (χ1) is 5.22. The molecule has 0 saturated carbocycles. The van der Waals surface area contributed by atoms with Gasteiger partial charge in [-0.1, -0.05) is 17.7 Å². The third-order valence-electron chi connectivity index (χ3n) is 1.59. The highest BCUT2D eigenvalue weighted by atomic mass is 16.5. The van der Waals surface area contributed by atoms with Crippen LogP contribution in [0, 0.1) is 6.92 Å². The van der Waals surface area contributed by atoms with Crippen LogP contribution in [0.2, 0.25) is 0 Å². The van der Waals surface area contributed by atoms with E-state index in [2.05, 4.69) is 19.0 Å². The zero-order valence-corrected chi connectivity index (χ0v) is 7.22. The summed E-state index contributed by atoms with van der Waals surface area (Å²) in [5, 5.41) is 3.78. The lowest BCUT2D eigenvalue weighted by Crippen LogP contribution is -1.70. The number of aryl methyl sites for hydroxylation is 1. The van der Waals surface area contributed by atoms with E-state index in [0.717, 1.165) is 17.9 Å². The molecule has 0 saturated heterocycles. The molecule has 0 aliphatic heterocycles. The third-order valence-corrected chi connectivity index (χ3v) is 1.59. The lowest BCUT2D eigenvalue weighted by Gasteiger charge is -1.89. The maximum absolute atomic E-state index is 5.01. The summed E-state index contributed by atoms with van der Waals surface area (Å²) < 4.78 is 5.01. The lowest BCUT2D eigenvalue weighted by atomic mass is 10.2. The molecular weight excluding hydrogens is 138 g/mol. The number of allylic oxidation sites excluding steroid dienone is 1. The maximum Gasteiger partial charge on any atom is 0.159 e. The summed E-state index contributed by atoms with van der Waals surface area (Å²) >= 11 is 0. The van der Waals surface area contributed by atoms with E-state index in [9.17, 15) is 0 Å². The second-order valence-corrected chi connectivity index (χ2v) is 2.71. The highest BCUT2D eigenvalue weighted by Crippen LogP contribution is 2.09. The van der Waals surface area contributed by atoms with Gasteiger partial charge in [-0.2, -0.15) is 0 Å². The molecule has 1 aromatic heterocycles. The number of hydrogen-bond donors (Lipinski definition) is 0. The van der Waals surface area contributed by atoms with Gasteiger partial charge >= 0.3 is 0 Å². The first-order valence-electron chi connectivity index (χ1n) is 3.83. The summed E-state index contributed by atoms with van der Waals surface area (Å²) in [6.07, 6.45) is 3.07. The molecule has 0 N–H and O–H groups in total. The molecule has 0 amide bonds. The summed E-state index contributed by atoms with van der Waals surface area (Å²) in [5.74, 6) is 0.849. The van der Waals surface area contributed by atoms with Crippen molar-refractivity contribution in [1.82, 2.24) is 5.16 Å². The first kappa shape index (κ1) is 8.05. The number of aromatic nitrogens is 1. The summed E-state index contributed by atoms with van der Waals surface area (Å²) in [6.45, 7) is 6.12. The zero-order valence-electron chi connectivity index (χ0n) is 7.22. The molecule has 0 unspecified atom stereocenters. The van der Waals surface area contributed by atoms with Crippen LogP contribution in [0.25, 0.3) is 6.08 Å². The van der Waals surface area contributed by atoms with Crippen molar-refractivity contribution in [2.24, 2.45) is 0 Å². The number of nitrogens with zero attached hydrogens (tertiary/aromatic N) is 1. The van der Waals surface area contributed by atoms with Crippen LogP contribution < -0.4 is 0 Å². The van der Waals surface area contributed by atoms with Gasteiger partial charge in [0.15, 0.2) is 5.76 Å². The smallest absolute Gasteiger partial charge is 0.159 e. The molecule has 0 aliphatic carbocycles. The predicted molar refractivity (Wildman–Crippen MR) is 45.2 cm³/mol. The van der Waals surface area contributed by atoms with E-state index >= 15 is 0 Å². The molecule has 0 bridgehead atoms. The molecule has 1 heterocycles. The molecule has 0 fully saturated rings. The zero-order chi connectivity index (χ0) is 8.27. The van der Waals surface area contributed by atoms with Crippen molar-refractivity contribution in [2.75, 3.05) is 0 Å². The van der Waals surface area contributed by atoms with Gasteiger partial charge in [-0.3, -0.25) is 0 Å². The maximum atomic E-state index is 5.01. The summed E-state index contributed by atoms with van der Waals surface area (Å²) in [7, 11) is 0. The summed E-state index contributed by atoms with van der Waals surface area (Å²) in [4.78, 5) is 0. The normalized spacial score (nSPS) is 12.1. The fraction of sp³-hybridized carbons (Fsp3) is 0.444. The largest absolute Gasteiger partial charge is 0.357 e. The molecule has 11 heavy (non-hydrogen) atoms. The molecule has 60 valence electrons. The molecule has 1 aromatic rings. The Labute approximate surface area is 66.9 Å². The van der Waals surface area contributed by atoms with Crippen molar-refractivity contribution in [3.63, 3.8) is 0 Å². The van der Waals surface area contributed by atoms with Crippen LogP contribution in [0.4, 0.5) is 0 Å². The Morgan fingerprint density at radius 3 is 2.91 bits per heavy atom. The van der Waals surface area contributed by atoms with Crippen molar-refractivity contribution in [1.29, 1.82) is 0 Å². The fourth-order valence-corrected chi connectivity index (χ4v) is 0.796. The molecule has 0 aromatic carbocycles. The number of rotatable bonds is 2. The Hall–Kier alpha value is -1.05. The van der Waals surface area contributed by atoms with Crippen LogP contribution in [-0.2, 0) is 0 Å². The average Bonchev–Trinajstić information content (AvgIpc) is 2.35. The second kappa shape index (κ2) is 3.37. The highest BCUT2D eigenvalue weighted by molar-refractivity contribution is 5.46. The van der Waals surface area contributed by atoms with Crippen LogP contribution in [0.1, 0.15) is 31.7 Å². The van der Waals surface area contributed by atoms with Gasteiger partial charge in [0.2, 0.25) is 0 Å². The molecule has 0 aliphatic rings. The molecule has 2 heteroatoms.